The zero-order valence-corrected chi connectivity index (χ0v) is 17.1. The molecule has 5 rings (SSSR count). The Morgan fingerprint density at radius 2 is 1.83 bits per heavy atom. The van der Waals surface area contributed by atoms with Crippen LogP contribution in [0.2, 0.25) is 0 Å². The van der Waals surface area contributed by atoms with Gasteiger partial charge in [-0.3, -0.25) is 9.69 Å². The molecule has 3 fully saturated rings. The van der Waals surface area contributed by atoms with E-state index in [0.29, 0.717) is 18.2 Å². The summed E-state index contributed by atoms with van der Waals surface area (Å²) in [6, 6.07) is 10.3. The highest BCUT2D eigenvalue weighted by atomic mass is 16.5. The van der Waals surface area contributed by atoms with Gasteiger partial charge in [0.2, 0.25) is 11.8 Å². The van der Waals surface area contributed by atoms with E-state index in [1.165, 1.54) is 31.2 Å². The summed E-state index contributed by atoms with van der Waals surface area (Å²) in [5, 5.41) is 4.22. The summed E-state index contributed by atoms with van der Waals surface area (Å²) in [6.45, 7) is 4.38. The maximum atomic E-state index is 12.6. The maximum Gasteiger partial charge on any atom is 0.229 e. The van der Waals surface area contributed by atoms with Gasteiger partial charge in [0.1, 0.15) is 0 Å². The molecule has 0 unspecified atom stereocenters. The number of nitrogens with zero attached hydrogens (tertiary/aromatic N) is 4. The minimum Gasteiger partial charge on any atom is -0.339 e. The third-order valence-electron chi connectivity index (χ3n) is 7.09. The van der Waals surface area contributed by atoms with Gasteiger partial charge in [0.25, 0.3) is 0 Å². The molecule has 2 aliphatic heterocycles. The topological polar surface area (TPSA) is 62.5 Å². The van der Waals surface area contributed by atoms with E-state index in [9.17, 15) is 4.79 Å². The van der Waals surface area contributed by atoms with Gasteiger partial charge in [-0.05, 0) is 49.8 Å². The first kappa shape index (κ1) is 18.8. The molecule has 29 heavy (non-hydrogen) atoms. The number of carbonyl (C=O) groups excluding carboxylic acids is 1. The first-order valence-corrected chi connectivity index (χ1v) is 11.1. The summed E-state index contributed by atoms with van der Waals surface area (Å²) in [7, 11) is 0. The number of piperidine rings is 1. The number of benzene rings is 1. The molecule has 1 saturated carbocycles. The summed E-state index contributed by atoms with van der Waals surface area (Å²) in [5.74, 6) is 2.43. The van der Waals surface area contributed by atoms with Gasteiger partial charge in [0, 0.05) is 25.4 Å². The third-order valence-corrected chi connectivity index (χ3v) is 7.09. The van der Waals surface area contributed by atoms with E-state index in [4.69, 9.17) is 4.52 Å². The zero-order valence-electron chi connectivity index (χ0n) is 17.1. The Morgan fingerprint density at radius 1 is 1.07 bits per heavy atom. The second-order valence-electron chi connectivity index (χ2n) is 9.22. The van der Waals surface area contributed by atoms with Crippen molar-refractivity contribution < 1.29 is 9.32 Å². The number of aromatic nitrogens is 2. The van der Waals surface area contributed by atoms with Crippen molar-refractivity contribution in [3.8, 4) is 0 Å². The van der Waals surface area contributed by atoms with E-state index in [1.54, 1.807) is 0 Å². The lowest BCUT2D eigenvalue weighted by atomic mass is 9.77. The van der Waals surface area contributed by atoms with Crippen molar-refractivity contribution in [2.24, 2.45) is 5.41 Å². The Labute approximate surface area is 172 Å². The second kappa shape index (κ2) is 7.90. The van der Waals surface area contributed by atoms with Gasteiger partial charge in [-0.2, -0.15) is 4.98 Å². The number of amides is 1. The van der Waals surface area contributed by atoms with Crippen LogP contribution in [-0.2, 0) is 17.9 Å². The van der Waals surface area contributed by atoms with E-state index in [1.807, 2.05) is 18.2 Å². The van der Waals surface area contributed by atoms with Gasteiger partial charge in [-0.25, -0.2) is 0 Å². The molecule has 3 aliphatic rings. The fourth-order valence-electron chi connectivity index (χ4n) is 5.32. The van der Waals surface area contributed by atoms with Crippen molar-refractivity contribution in [3.05, 3.63) is 47.6 Å². The highest BCUT2D eigenvalue weighted by molar-refractivity contribution is 5.79. The van der Waals surface area contributed by atoms with Gasteiger partial charge >= 0.3 is 0 Å². The smallest absolute Gasteiger partial charge is 0.229 e. The number of rotatable bonds is 5. The van der Waals surface area contributed by atoms with Gasteiger partial charge in [-0.15, -0.1) is 0 Å². The second-order valence-corrected chi connectivity index (χ2v) is 9.22. The lowest BCUT2D eigenvalue weighted by Gasteiger charge is -2.38. The lowest BCUT2D eigenvalue weighted by Crippen LogP contribution is -2.41. The molecule has 6 heteroatoms. The quantitative estimate of drug-likeness (QED) is 0.773. The monoisotopic (exact) mass is 394 g/mol. The van der Waals surface area contributed by atoms with Gasteiger partial charge in [-0.1, -0.05) is 48.3 Å². The van der Waals surface area contributed by atoms with Gasteiger partial charge in [0.15, 0.2) is 5.82 Å². The van der Waals surface area contributed by atoms with Crippen LogP contribution in [0.4, 0.5) is 0 Å². The van der Waals surface area contributed by atoms with Crippen molar-refractivity contribution in [2.75, 3.05) is 19.6 Å². The summed E-state index contributed by atoms with van der Waals surface area (Å²) in [4.78, 5) is 21.8. The van der Waals surface area contributed by atoms with Crippen molar-refractivity contribution in [1.82, 2.24) is 19.9 Å². The van der Waals surface area contributed by atoms with Crippen LogP contribution in [0.1, 0.15) is 68.1 Å². The van der Waals surface area contributed by atoms with Crippen LogP contribution in [0, 0.1) is 5.41 Å². The molecule has 0 bridgehead atoms. The van der Waals surface area contributed by atoms with E-state index >= 15 is 0 Å². The SMILES string of the molecule is O=C1CC2(CCN(Cc3noc(C4CCCC4)n3)CC2)CN1Cc1ccccc1. The molecular weight excluding hydrogens is 364 g/mol. The summed E-state index contributed by atoms with van der Waals surface area (Å²) in [5.41, 5.74) is 1.36. The summed E-state index contributed by atoms with van der Waals surface area (Å²) >= 11 is 0. The predicted octanol–water partition coefficient (Wildman–Crippen LogP) is 3.74. The molecule has 3 heterocycles. The highest BCUT2D eigenvalue weighted by Crippen LogP contribution is 2.41. The number of likely N-dealkylation sites (tertiary alicyclic amines) is 2. The molecule has 2 aromatic rings. The summed E-state index contributed by atoms with van der Waals surface area (Å²) < 4.78 is 5.53. The van der Waals surface area contributed by atoms with Crippen molar-refractivity contribution in [1.29, 1.82) is 0 Å². The van der Waals surface area contributed by atoms with Crippen LogP contribution >= 0.6 is 0 Å². The van der Waals surface area contributed by atoms with Crippen LogP contribution in [0.25, 0.3) is 0 Å². The number of carbonyl (C=O) groups is 1. The molecule has 0 radical (unpaired) electrons. The predicted molar refractivity (Wildman–Crippen MR) is 109 cm³/mol. The Hall–Kier alpha value is -2.21. The van der Waals surface area contributed by atoms with Crippen LogP contribution in [-0.4, -0.2) is 45.5 Å². The van der Waals surface area contributed by atoms with Crippen molar-refractivity contribution in [2.45, 2.75) is 64.0 Å². The molecule has 154 valence electrons. The average Bonchev–Trinajstić information content (AvgIpc) is 3.46. The first-order chi connectivity index (χ1) is 14.2. The van der Waals surface area contributed by atoms with Crippen LogP contribution < -0.4 is 0 Å². The largest absolute Gasteiger partial charge is 0.339 e. The maximum absolute atomic E-state index is 12.6. The number of hydrogen-bond acceptors (Lipinski definition) is 5. The molecule has 2 saturated heterocycles. The van der Waals surface area contributed by atoms with E-state index in [2.05, 4.69) is 32.1 Å². The van der Waals surface area contributed by atoms with E-state index in [-0.39, 0.29) is 5.41 Å². The first-order valence-electron chi connectivity index (χ1n) is 11.1. The van der Waals surface area contributed by atoms with Crippen LogP contribution in [0.5, 0.6) is 0 Å². The standard InChI is InChI=1S/C23H30N4O2/c28-21-14-23(17-27(21)15-18-6-2-1-3-7-18)10-12-26(13-11-23)16-20-24-22(29-25-20)19-8-4-5-9-19/h1-3,6-7,19H,4-5,8-17H2. The minimum absolute atomic E-state index is 0.147. The van der Waals surface area contributed by atoms with Crippen LogP contribution in [0.3, 0.4) is 0 Å². The van der Waals surface area contributed by atoms with Gasteiger partial charge < -0.3 is 9.42 Å². The molecule has 0 atom stereocenters. The minimum atomic E-state index is 0.147. The number of hydrogen-bond donors (Lipinski definition) is 0. The fraction of sp³-hybridized carbons (Fsp3) is 0.609. The van der Waals surface area contributed by atoms with Crippen molar-refractivity contribution >= 4 is 5.91 Å². The molecule has 6 nitrogen and oxygen atoms in total. The normalized spacial score (nSPS) is 22.8. The van der Waals surface area contributed by atoms with Crippen molar-refractivity contribution in [3.63, 3.8) is 0 Å². The van der Waals surface area contributed by atoms with Crippen LogP contribution in [0.15, 0.2) is 34.9 Å². The fourth-order valence-corrected chi connectivity index (χ4v) is 5.32. The Balaban J connectivity index is 1.15. The molecule has 1 amide bonds. The Bertz CT molecular complexity index is 836. The molecular formula is C23H30N4O2. The summed E-state index contributed by atoms with van der Waals surface area (Å²) in [6.07, 6.45) is 7.74. The van der Waals surface area contributed by atoms with Gasteiger partial charge in [0.05, 0.1) is 6.54 Å². The Kier molecular flexibility index (Phi) is 5.12. The van der Waals surface area contributed by atoms with E-state index < -0.39 is 0 Å². The van der Waals surface area contributed by atoms with E-state index in [0.717, 1.165) is 57.3 Å². The molecule has 1 spiro atoms. The molecule has 1 aromatic heterocycles. The highest BCUT2D eigenvalue weighted by Gasteiger charge is 2.44. The molecule has 1 aliphatic carbocycles. The zero-order chi connectivity index (χ0) is 19.7. The average molecular weight is 395 g/mol. The Morgan fingerprint density at radius 3 is 2.59 bits per heavy atom. The molecule has 1 aromatic carbocycles. The third kappa shape index (κ3) is 4.08. The molecule has 0 N–H and O–H groups in total. The lowest BCUT2D eigenvalue weighted by molar-refractivity contribution is -0.128.